The molecule has 3 aromatic rings. The smallest absolute Gasteiger partial charge is 0.508 e. The third-order valence-electron chi connectivity index (χ3n) is 9.24. The summed E-state index contributed by atoms with van der Waals surface area (Å²) in [4.78, 5) is 23.5. The van der Waals surface area contributed by atoms with Crippen molar-refractivity contribution in [3.05, 3.63) is 76.9 Å². The fourth-order valence-electron chi connectivity index (χ4n) is 6.82. The molecular weight excluding hydrogens is 764 g/mol. The number of benzene rings is 3. The van der Waals surface area contributed by atoms with Crippen LogP contribution in [0.15, 0.2) is 54.6 Å². The second kappa shape index (κ2) is 15.2. The summed E-state index contributed by atoms with van der Waals surface area (Å²) in [5.41, 5.74) is 0.916. The van der Waals surface area contributed by atoms with Crippen molar-refractivity contribution in [2.24, 2.45) is 0 Å². The largest absolute Gasteiger partial charge is 0.613 e. The summed E-state index contributed by atoms with van der Waals surface area (Å²) >= 11 is 10.6. The van der Waals surface area contributed by atoms with Crippen molar-refractivity contribution in [3.8, 4) is 23.0 Å². The quantitative estimate of drug-likeness (QED) is 0.0647. The fourth-order valence-corrected chi connectivity index (χ4v) is 8.65. The number of anilines is 1. The van der Waals surface area contributed by atoms with Crippen LogP contribution in [0.25, 0.3) is 0 Å². The van der Waals surface area contributed by atoms with E-state index in [0.717, 1.165) is 0 Å². The maximum Gasteiger partial charge on any atom is 0.613 e. The lowest BCUT2D eigenvalue weighted by atomic mass is 9.77. The Kier molecular flexibility index (Phi) is 10.9. The minimum atomic E-state index is -3.18. The van der Waals surface area contributed by atoms with Gasteiger partial charge in [0.2, 0.25) is 0 Å². The third kappa shape index (κ3) is 7.84. The normalized spacial score (nSPS) is 26.5. The molecule has 4 aliphatic rings. The minimum Gasteiger partial charge on any atom is -0.508 e. The van der Waals surface area contributed by atoms with Crippen LogP contribution in [0.2, 0.25) is 0 Å². The predicted octanol–water partition coefficient (Wildman–Crippen LogP) is 2.97. The average Bonchev–Trinajstić information content (AvgIpc) is 3.73. The highest BCUT2D eigenvalue weighted by Gasteiger charge is 2.54. The average molecular weight is 797 g/mol. The van der Waals surface area contributed by atoms with Crippen LogP contribution in [-0.2, 0) is 45.2 Å². The van der Waals surface area contributed by atoms with Gasteiger partial charge >= 0.3 is 14.1 Å². The first-order valence-corrected chi connectivity index (χ1v) is 20.7. The van der Waals surface area contributed by atoms with Crippen LogP contribution in [0.1, 0.15) is 39.9 Å². The van der Waals surface area contributed by atoms with E-state index in [1.54, 1.807) is 30.3 Å². The van der Waals surface area contributed by atoms with Crippen LogP contribution in [0.3, 0.4) is 0 Å². The molecule has 0 aromatic heterocycles. The van der Waals surface area contributed by atoms with Gasteiger partial charge in [0.25, 0.3) is 6.64 Å². The number of hydrogen-bond donors (Lipinski definition) is 7. The highest BCUT2D eigenvalue weighted by Crippen LogP contribution is 2.57. The molecule has 4 aliphatic heterocycles. The van der Waals surface area contributed by atoms with Gasteiger partial charge in [-0.3, -0.25) is 0 Å². The molecule has 7 N–H and O–H groups in total. The van der Waals surface area contributed by atoms with Gasteiger partial charge < -0.3 is 49.2 Å². The second-order valence-corrected chi connectivity index (χ2v) is 17.4. The molecule has 8 atom stereocenters. The number of carbonyl (C=O) groups is 1. The van der Waals surface area contributed by atoms with E-state index in [9.17, 15) is 24.5 Å². The van der Waals surface area contributed by atoms with Gasteiger partial charge in [-0.05, 0) is 84.9 Å². The minimum absolute atomic E-state index is 0.0422. The molecule has 15 nitrogen and oxygen atoms in total. The van der Waals surface area contributed by atoms with E-state index >= 15 is 0 Å². The molecule has 2 saturated heterocycles. The summed E-state index contributed by atoms with van der Waals surface area (Å²) in [7, 11) is 11.1. The molecule has 2 fully saturated rings. The number of thiocarbonyl (C=S) groups is 1. The van der Waals surface area contributed by atoms with Crippen molar-refractivity contribution in [2.45, 2.75) is 54.7 Å². The SMILES string of the molecule is [B]C1CC(NC(=S)Nc2ccc3c(c2)C(=O)OC32c3ccc(O)cc3Oc3cc(O)ccc32)C(CO[P+](=O)NC2CC([B])OC2COP(O)(=S)NC)O1. The van der Waals surface area contributed by atoms with Crippen molar-refractivity contribution in [1.82, 2.24) is 15.5 Å². The maximum absolute atomic E-state index is 13.5. The van der Waals surface area contributed by atoms with E-state index < -0.39 is 62.7 Å². The second-order valence-electron chi connectivity index (χ2n) is 12.7. The lowest BCUT2D eigenvalue weighted by Gasteiger charge is -2.36. The standard InChI is InChI=1S/C32H32B2N4O11P2S2/c1-35-51(43,53)45-14-27-23(12-29(34)48-27)38-50(42)44-13-26-22(11-28(33)47-26)37-31(52)36-15-2-5-19-18(8-15)30(41)49-32(19)20-6-3-16(39)9-24(20)46-25-10-17(40)4-7-21(25)32/h2-10,22-23,26-29H,11-14H2,1H3,(H6-,35,36,37,38,39,40,42,43,52,53)/p+1. The first kappa shape index (κ1) is 38.1. The molecular formula is C32H33B2N4O11P2S2+. The monoisotopic (exact) mass is 797 g/mol. The Labute approximate surface area is 318 Å². The molecule has 7 rings (SSSR count). The van der Waals surface area contributed by atoms with E-state index in [1.165, 1.54) is 31.3 Å². The van der Waals surface area contributed by atoms with Crippen LogP contribution in [-0.4, -0.2) is 98.4 Å². The van der Waals surface area contributed by atoms with E-state index in [2.05, 4.69) is 20.8 Å². The Morgan fingerprint density at radius 1 is 0.962 bits per heavy atom. The lowest BCUT2D eigenvalue weighted by molar-refractivity contribution is 0.0224. The van der Waals surface area contributed by atoms with Gasteiger partial charge in [-0.2, -0.15) is 0 Å². The molecule has 1 spiro atoms. The molecule has 0 saturated carbocycles. The zero-order valence-electron chi connectivity index (χ0n) is 28.0. The summed E-state index contributed by atoms with van der Waals surface area (Å²) in [6.45, 7) is -3.34. The Morgan fingerprint density at radius 2 is 1.57 bits per heavy atom. The van der Waals surface area contributed by atoms with Crippen LogP contribution in [0.5, 0.6) is 23.0 Å². The zero-order chi connectivity index (χ0) is 37.7. The van der Waals surface area contributed by atoms with Gasteiger partial charge in [0.05, 0.1) is 24.3 Å². The molecule has 21 heteroatoms. The van der Waals surface area contributed by atoms with Crippen LogP contribution < -0.4 is 25.5 Å². The molecule has 0 bridgehead atoms. The van der Waals surface area contributed by atoms with Crippen molar-refractivity contribution in [1.29, 1.82) is 0 Å². The summed E-state index contributed by atoms with van der Waals surface area (Å²) < 4.78 is 47.5. The summed E-state index contributed by atoms with van der Waals surface area (Å²) in [5.74, 6) is -0.131. The number of carbonyl (C=O) groups excluding carboxylic acids is 1. The number of esters is 1. The number of aromatic hydroxyl groups is 2. The van der Waals surface area contributed by atoms with Gasteiger partial charge in [0.1, 0.15) is 57.5 Å². The van der Waals surface area contributed by atoms with Gasteiger partial charge in [0, 0.05) is 46.5 Å². The lowest BCUT2D eigenvalue weighted by Crippen LogP contribution is -2.44. The number of hydrogen-bond acceptors (Lipinski definition) is 12. The predicted molar refractivity (Wildman–Crippen MR) is 201 cm³/mol. The van der Waals surface area contributed by atoms with E-state index in [4.69, 9.17) is 67.7 Å². The molecule has 3 aromatic carbocycles. The van der Waals surface area contributed by atoms with Gasteiger partial charge in [0.15, 0.2) is 10.7 Å². The maximum atomic E-state index is 13.5. The Morgan fingerprint density at radius 3 is 2.21 bits per heavy atom. The Balaban J connectivity index is 1.00. The number of phenolic OH excluding ortho intramolecular Hbond substituents is 2. The highest BCUT2D eigenvalue weighted by atomic mass is 32.5. The number of fused-ring (bicyclic) bond motifs is 6. The summed E-state index contributed by atoms with van der Waals surface area (Å²) in [5, 5.41) is 32.2. The van der Waals surface area contributed by atoms with Gasteiger partial charge in [-0.1, -0.05) is 11.2 Å². The molecule has 53 heavy (non-hydrogen) atoms. The van der Waals surface area contributed by atoms with Gasteiger partial charge in [-0.15, -0.1) is 4.52 Å². The first-order valence-electron chi connectivity index (χ1n) is 16.4. The van der Waals surface area contributed by atoms with E-state index in [-0.39, 0.29) is 46.9 Å². The molecule has 274 valence electrons. The Bertz CT molecular complexity index is 1970. The number of rotatable bonds is 11. The van der Waals surface area contributed by atoms with Crippen molar-refractivity contribution in [3.63, 3.8) is 0 Å². The topological polar surface area (TPSA) is 198 Å². The number of nitrogens with one attached hydrogen (secondary N) is 4. The molecule has 4 heterocycles. The summed E-state index contributed by atoms with van der Waals surface area (Å²) in [6, 6.07) is 12.0. The highest BCUT2D eigenvalue weighted by molar-refractivity contribution is 8.08. The number of phenols is 2. The molecule has 0 amide bonds. The van der Waals surface area contributed by atoms with Crippen molar-refractivity contribution >= 4 is 71.3 Å². The van der Waals surface area contributed by atoms with Crippen LogP contribution in [0.4, 0.5) is 5.69 Å². The first-order chi connectivity index (χ1) is 25.2. The zero-order valence-corrected chi connectivity index (χ0v) is 31.4. The van der Waals surface area contributed by atoms with Crippen molar-refractivity contribution < 1.29 is 52.5 Å². The summed E-state index contributed by atoms with van der Waals surface area (Å²) in [6.07, 6.45) is -0.547. The van der Waals surface area contributed by atoms with Gasteiger partial charge in [-0.25, -0.2) is 9.88 Å². The van der Waals surface area contributed by atoms with Crippen molar-refractivity contribution in [2.75, 3.05) is 25.6 Å². The Hall–Kier alpha value is -3.18. The van der Waals surface area contributed by atoms with Crippen LogP contribution in [0, 0.1) is 0 Å². The molecule has 0 aliphatic carbocycles. The van der Waals surface area contributed by atoms with E-state index in [0.29, 0.717) is 35.2 Å². The third-order valence-corrected chi connectivity index (χ3v) is 12.3. The fraction of sp³-hybridized carbons (Fsp3) is 0.375. The van der Waals surface area contributed by atoms with E-state index in [1.807, 2.05) is 0 Å². The number of ether oxygens (including phenoxy) is 4. The molecule has 8 unspecified atom stereocenters. The molecule has 4 radical (unpaired) electrons. The van der Waals surface area contributed by atoms with Crippen LogP contribution >= 0.6 is 27.0 Å².